The van der Waals surface area contributed by atoms with Crippen molar-refractivity contribution in [2.75, 3.05) is 24.5 Å². The number of aromatic nitrogens is 3. The maximum Gasteiger partial charge on any atom is 0.280 e. The number of anilines is 1. The molecule has 0 unspecified atom stereocenters. The van der Waals surface area contributed by atoms with Gasteiger partial charge in [0.15, 0.2) is 5.69 Å². The highest BCUT2D eigenvalue weighted by atomic mass is 35.5. The van der Waals surface area contributed by atoms with Crippen LogP contribution in [0.2, 0.25) is 0 Å². The standard InChI is InChI=1S/C23H27N5O.ClH/c1-18-22(25-26-28(18)21-12-15-24-16-13-21)23(29)27(20-10-6-3-7-11-20)17-14-19-8-4-2-5-9-19;/h2-11,21,24H,12-17H2,1H3;1H. The van der Waals surface area contributed by atoms with Gasteiger partial charge in [0.25, 0.3) is 5.91 Å². The van der Waals surface area contributed by atoms with E-state index in [0.29, 0.717) is 18.3 Å². The lowest BCUT2D eigenvalue weighted by molar-refractivity contribution is 0.0981. The SMILES string of the molecule is Cc1c(C(=O)N(CCc2ccccc2)c2ccccc2)nnn1C1CCNCC1.Cl. The number of carbonyl (C=O) groups excluding carboxylic acids is 1. The number of para-hydroxylation sites is 1. The van der Waals surface area contributed by atoms with Gasteiger partial charge >= 0.3 is 0 Å². The van der Waals surface area contributed by atoms with Crippen LogP contribution in [0.15, 0.2) is 60.7 Å². The van der Waals surface area contributed by atoms with Gasteiger partial charge in [-0.15, -0.1) is 17.5 Å². The van der Waals surface area contributed by atoms with Gasteiger partial charge in [0, 0.05) is 12.2 Å². The first kappa shape index (κ1) is 22.0. The fourth-order valence-corrected chi connectivity index (χ4v) is 3.91. The minimum absolute atomic E-state index is 0. The Bertz CT molecular complexity index is 939. The molecule has 0 atom stereocenters. The summed E-state index contributed by atoms with van der Waals surface area (Å²) in [5, 5.41) is 12.0. The molecule has 2 aromatic carbocycles. The molecule has 6 nitrogen and oxygen atoms in total. The van der Waals surface area contributed by atoms with Crippen molar-refractivity contribution in [3.05, 3.63) is 77.6 Å². The van der Waals surface area contributed by atoms with Crippen LogP contribution in [0, 0.1) is 6.92 Å². The summed E-state index contributed by atoms with van der Waals surface area (Å²) in [5.74, 6) is -0.0928. The summed E-state index contributed by atoms with van der Waals surface area (Å²) in [6, 6.07) is 20.3. The molecule has 0 spiro atoms. The highest BCUT2D eigenvalue weighted by molar-refractivity contribution is 6.05. The first-order chi connectivity index (χ1) is 14.2. The molecule has 0 aliphatic carbocycles. The number of nitrogens with one attached hydrogen (secondary N) is 1. The summed E-state index contributed by atoms with van der Waals surface area (Å²) < 4.78 is 1.94. The van der Waals surface area contributed by atoms with E-state index in [1.165, 1.54) is 5.56 Å². The fraction of sp³-hybridized carbons (Fsp3) is 0.348. The molecule has 1 N–H and O–H groups in total. The van der Waals surface area contributed by atoms with E-state index < -0.39 is 0 Å². The largest absolute Gasteiger partial charge is 0.317 e. The second kappa shape index (κ2) is 10.4. The molecule has 1 aromatic heterocycles. The molecular formula is C23H28ClN5O. The minimum atomic E-state index is -0.0928. The van der Waals surface area contributed by atoms with Gasteiger partial charge < -0.3 is 10.2 Å². The third-order valence-corrected chi connectivity index (χ3v) is 5.56. The normalized spacial score (nSPS) is 14.2. The quantitative estimate of drug-likeness (QED) is 0.652. The molecule has 3 aromatic rings. The van der Waals surface area contributed by atoms with Crippen LogP contribution >= 0.6 is 12.4 Å². The highest BCUT2D eigenvalue weighted by Crippen LogP contribution is 2.23. The second-order valence-corrected chi connectivity index (χ2v) is 7.48. The van der Waals surface area contributed by atoms with Gasteiger partial charge in [-0.3, -0.25) is 4.79 Å². The summed E-state index contributed by atoms with van der Waals surface area (Å²) in [6.07, 6.45) is 2.80. The van der Waals surface area contributed by atoms with Gasteiger partial charge in [0.1, 0.15) is 0 Å². The number of carbonyl (C=O) groups is 1. The number of piperidine rings is 1. The molecule has 4 rings (SSSR count). The molecular weight excluding hydrogens is 398 g/mol. The molecule has 0 bridgehead atoms. The molecule has 1 aliphatic heterocycles. The number of nitrogens with zero attached hydrogens (tertiary/aromatic N) is 4. The van der Waals surface area contributed by atoms with E-state index in [0.717, 1.165) is 43.7 Å². The Balaban J connectivity index is 0.00000256. The summed E-state index contributed by atoms with van der Waals surface area (Å²) >= 11 is 0. The zero-order chi connectivity index (χ0) is 20.1. The zero-order valence-corrected chi connectivity index (χ0v) is 18.0. The Labute approximate surface area is 183 Å². The lowest BCUT2D eigenvalue weighted by Crippen LogP contribution is -2.34. The van der Waals surface area contributed by atoms with Crippen LogP contribution in [0.1, 0.15) is 40.6 Å². The third-order valence-electron chi connectivity index (χ3n) is 5.56. The van der Waals surface area contributed by atoms with Crippen molar-refractivity contribution in [2.45, 2.75) is 32.2 Å². The van der Waals surface area contributed by atoms with E-state index in [-0.39, 0.29) is 18.3 Å². The zero-order valence-electron chi connectivity index (χ0n) is 17.2. The number of halogens is 1. The van der Waals surface area contributed by atoms with Gasteiger partial charge in [0.2, 0.25) is 0 Å². The van der Waals surface area contributed by atoms with Crippen LogP contribution < -0.4 is 10.2 Å². The number of hydrogen-bond acceptors (Lipinski definition) is 4. The number of hydrogen-bond donors (Lipinski definition) is 1. The van der Waals surface area contributed by atoms with Crippen molar-refractivity contribution in [3.8, 4) is 0 Å². The Morgan fingerprint density at radius 1 is 1.07 bits per heavy atom. The van der Waals surface area contributed by atoms with E-state index >= 15 is 0 Å². The first-order valence-corrected chi connectivity index (χ1v) is 10.3. The van der Waals surface area contributed by atoms with Crippen LogP contribution in [0.25, 0.3) is 0 Å². The topological polar surface area (TPSA) is 63.1 Å². The third kappa shape index (κ3) is 4.89. The average molecular weight is 426 g/mol. The van der Waals surface area contributed by atoms with Gasteiger partial charge in [-0.1, -0.05) is 53.7 Å². The van der Waals surface area contributed by atoms with Gasteiger partial charge in [-0.05, 0) is 57.0 Å². The molecule has 1 aliphatic rings. The molecule has 1 fully saturated rings. The van der Waals surface area contributed by atoms with Crippen molar-refractivity contribution in [1.29, 1.82) is 0 Å². The number of amides is 1. The van der Waals surface area contributed by atoms with Crippen molar-refractivity contribution in [2.24, 2.45) is 0 Å². The Morgan fingerprint density at radius 2 is 1.70 bits per heavy atom. The maximum absolute atomic E-state index is 13.5. The lowest BCUT2D eigenvalue weighted by atomic mass is 10.1. The van der Waals surface area contributed by atoms with Crippen LogP contribution in [-0.2, 0) is 6.42 Å². The Hall–Kier alpha value is -2.70. The molecule has 2 heterocycles. The van der Waals surface area contributed by atoms with E-state index in [1.807, 2.05) is 65.0 Å². The summed E-state index contributed by atoms with van der Waals surface area (Å²) in [6.45, 7) is 4.49. The molecule has 7 heteroatoms. The lowest BCUT2D eigenvalue weighted by Gasteiger charge is -2.24. The summed E-state index contributed by atoms with van der Waals surface area (Å²) in [7, 11) is 0. The van der Waals surface area contributed by atoms with E-state index in [2.05, 4.69) is 27.8 Å². The van der Waals surface area contributed by atoms with Gasteiger partial charge in [0.05, 0.1) is 11.7 Å². The molecule has 158 valence electrons. The molecule has 1 amide bonds. The van der Waals surface area contributed by atoms with Crippen LogP contribution in [0.5, 0.6) is 0 Å². The van der Waals surface area contributed by atoms with Crippen molar-refractivity contribution in [3.63, 3.8) is 0 Å². The van der Waals surface area contributed by atoms with Crippen molar-refractivity contribution < 1.29 is 4.79 Å². The maximum atomic E-state index is 13.5. The molecule has 1 saturated heterocycles. The number of rotatable bonds is 6. The smallest absolute Gasteiger partial charge is 0.280 e. The Morgan fingerprint density at radius 3 is 2.37 bits per heavy atom. The fourth-order valence-electron chi connectivity index (χ4n) is 3.91. The van der Waals surface area contributed by atoms with E-state index in [9.17, 15) is 4.79 Å². The van der Waals surface area contributed by atoms with Gasteiger partial charge in [-0.2, -0.15) is 0 Å². The predicted molar refractivity (Wildman–Crippen MR) is 121 cm³/mol. The minimum Gasteiger partial charge on any atom is -0.317 e. The van der Waals surface area contributed by atoms with Gasteiger partial charge in [-0.25, -0.2) is 4.68 Å². The molecule has 30 heavy (non-hydrogen) atoms. The summed E-state index contributed by atoms with van der Waals surface area (Å²) in [5.41, 5.74) is 3.38. The predicted octanol–water partition coefficient (Wildman–Crippen LogP) is 3.82. The second-order valence-electron chi connectivity index (χ2n) is 7.48. The summed E-state index contributed by atoms with van der Waals surface area (Å²) in [4.78, 5) is 15.3. The molecule has 0 saturated carbocycles. The van der Waals surface area contributed by atoms with Crippen molar-refractivity contribution >= 4 is 24.0 Å². The first-order valence-electron chi connectivity index (χ1n) is 10.3. The molecule has 0 radical (unpaired) electrons. The average Bonchev–Trinajstić information content (AvgIpc) is 3.17. The Kier molecular flexibility index (Phi) is 7.60. The van der Waals surface area contributed by atoms with Crippen LogP contribution in [0.3, 0.4) is 0 Å². The monoisotopic (exact) mass is 425 g/mol. The van der Waals surface area contributed by atoms with E-state index in [1.54, 1.807) is 0 Å². The van der Waals surface area contributed by atoms with Crippen LogP contribution in [0.4, 0.5) is 5.69 Å². The number of benzene rings is 2. The van der Waals surface area contributed by atoms with E-state index in [4.69, 9.17) is 0 Å². The van der Waals surface area contributed by atoms with Crippen molar-refractivity contribution in [1.82, 2.24) is 20.3 Å². The highest BCUT2D eigenvalue weighted by Gasteiger charge is 2.26. The van der Waals surface area contributed by atoms with Crippen LogP contribution in [-0.4, -0.2) is 40.5 Å².